The quantitative estimate of drug-likeness (QED) is 0.563. The van der Waals surface area contributed by atoms with Crippen LogP contribution >= 0.6 is 6.72 Å². The summed E-state index contributed by atoms with van der Waals surface area (Å²) in [4.78, 5) is 22.3. The third-order valence-electron chi connectivity index (χ3n) is 3.80. The van der Waals surface area contributed by atoms with Crippen LogP contribution in [-0.2, 0) is 30.3 Å². The number of hydrogen-bond donors (Lipinski definition) is 2. The standard InChI is InChI=1S/C14H24N5O5PS/c1-5-10(11(6-21-3)24-25(20,26)22-4)23-9(2)19-8-18-12-13(15)16-7-17-14(12)19/h7-11H,5-6H2,1-4H3,(H,20,26)(H2,15,16,17)/t9?,10-,11?,25?/m0/s1. The average molecular weight is 405 g/mol. The molecule has 0 aliphatic carbocycles. The Bertz CT molecular complexity index is 775. The Morgan fingerprint density at radius 1 is 1.31 bits per heavy atom. The monoisotopic (exact) mass is 405 g/mol. The van der Waals surface area contributed by atoms with Crippen LogP contribution in [0.1, 0.15) is 26.5 Å². The summed E-state index contributed by atoms with van der Waals surface area (Å²) in [6.07, 6.45) is 2.12. The number of ether oxygens (including phenoxy) is 2. The van der Waals surface area contributed by atoms with Crippen LogP contribution in [0.5, 0.6) is 0 Å². The van der Waals surface area contributed by atoms with Crippen molar-refractivity contribution in [3.8, 4) is 0 Å². The molecule has 2 rings (SSSR count). The van der Waals surface area contributed by atoms with Crippen molar-refractivity contribution >= 4 is 35.5 Å². The minimum absolute atomic E-state index is 0.188. The molecule has 146 valence electrons. The van der Waals surface area contributed by atoms with Crippen LogP contribution in [0, 0.1) is 0 Å². The second kappa shape index (κ2) is 9.14. The number of fused-ring (bicyclic) bond motifs is 1. The summed E-state index contributed by atoms with van der Waals surface area (Å²) < 4.78 is 23.4. The summed E-state index contributed by atoms with van der Waals surface area (Å²) in [5, 5.41) is 0. The van der Waals surface area contributed by atoms with E-state index in [2.05, 4.69) is 15.0 Å². The van der Waals surface area contributed by atoms with E-state index in [1.165, 1.54) is 20.5 Å². The zero-order valence-corrected chi connectivity index (χ0v) is 16.8. The highest BCUT2D eigenvalue weighted by atomic mass is 32.5. The van der Waals surface area contributed by atoms with Gasteiger partial charge >= 0.3 is 6.72 Å². The van der Waals surface area contributed by atoms with Gasteiger partial charge in [-0.3, -0.25) is 4.57 Å². The number of methoxy groups -OCH3 is 1. The molecular weight excluding hydrogens is 381 g/mol. The van der Waals surface area contributed by atoms with E-state index in [0.717, 1.165) is 0 Å². The number of hydrogen-bond acceptors (Lipinski definition) is 9. The summed E-state index contributed by atoms with van der Waals surface area (Å²) in [5.74, 6) is 0.301. The van der Waals surface area contributed by atoms with Gasteiger partial charge in [0.2, 0.25) is 0 Å². The largest absolute Gasteiger partial charge is 0.382 e. The number of rotatable bonds is 10. The molecular formula is C14H24N5O5PS. The molecule has 0 bridgehead atoms. The number of nitrogens with two attached hydrogens (primary N) is 1. The topological polar surface area (TPSA) is 127 Å². The third-order valence-corrected chi connectivity index (χ3v) is 5.50. The molecule has 2 aromatic rings. The summed E-state index contributed by atoms with van der Waals surface area (Å²) in [6.45, 7) is 0.608. The molecule has 26 heavy (non-hydrogen) atoms. The lowest BCUT2D eigenvalue weighted by atomic mass is 10.1. The molecule has 2 heterocycles. The zero-order chi connectivity index (χ0) is 19.3. The van der Waals surface area contributed by atoms with Crippen molar-refractivity contribution in [1.29, 1.82) is 0 Å². The van der Waals surface area contributed by atoms with Crippen LogP contribution in [0.15, 0.2) is 12.7 Å². The number of anilines is 1. The van der Waals surface area contributed by atoms with Crippen LogP contribution in [0.2, 0.25) is 0 Å². The van der Waals surface area contributed by atoms with Gasteiger partial charge < -0.3 is 29.1 Å². The molecule has 0 aliphatic rings. The van der Waals surface area contributed by atoms with Gasteiger partial charge in [0, 0.05) is 14.2 Å². The fraction of sp³-hybridized carbons (Fsp3) is 0.643. The van der Waals surface area contributed by atoms with Crippen molar-refractivity contribution in [1.82, 2.24) is 19.5 Å². The van der Waals surface area contributed by atoms with Gasteiger partial charge in [-0.25, -0.2) is 15.0 Å². The maximum Gasteiger partial charge on any atom is 0.324 e. The van der Waals surface area contributed by atoms with Gasteiger partial charge in [-0.1, -0.05) is 6.92 Å². The van der Waals surface area contributed by atoms with E-state index in [4.69, 9.17) is 36.1 Å². The maximum absolute atomic E-state index is 9.98. The van der Waals surface area contributed by atoms with Crippen LogP contribution in [0.3, 0.4) is 0 Å². The highest BCUT2D eigenvalue weighted by molar-refractivity contribution is 8.07. The van der Waals surface area contributed by atoms with E-state index in [1.54, 1.807) is 10.9 Å². The van der Waals surface area contributed by atoms with Crippen molar-refractivity contribution in [3.05, 3.63) is 12.7 Å². The molecule has 0 aliphatic heterocycles. The summed E-state index contributed by atoms with van der Waals surface area (Å²) in [7, 11) is 2.83. The maximum atomic E-state index is 9.98. The summed E-state index contributed by atoms with van der Waals surface area (Å²) in [5.41, 5.74) is 6.88. The Hall–Kier alpha value is -1.20. The van der Waals surface area contributed by atoms with Crippen molar-refractivity contribution in [3.63, 3.8) is 0 Å². The minimum Gasteiger partial charge on any atom is -0.382 e. The molecule has 3 unspecified atom stereocenters. The Balaban J connectivity index is 2.20. The smallest absolute Gasteiger partial charge is 0.324 e. The molecule has 3 N–H and O–H groups in total. The van der Waals surface area contributed by atoms with E-state index in [-0.39, 0.29) is 6.61 Å². The third kappa shape index (κ3) is 4.95. The first-order valence-corrected chi connectivity index (χ1v) is 10.6. The molecule has 0 fully saturated rings. The lowest BCUT2D eigenvalue weighted by Gasteiger charge is -2.30. The Morgan fingerprint density at radius 3 is 2.65 bits per heavy atom. The van der Waals surface area contributed by atoms with Gasteiger partial charge in [-0.05, 0) is 25.2 Å². The van der Waals surface area contributed by atoms with Gasteiger partial charge in [-0.2, -0.15) is 0 Å². The first kappa shape index (κ1) is 21.1. The van der Waals surface area contributed by atoms with Gasteiger partial charge in [0.05, 0.1) is 19.0 Å². The summed E-state index contributed by atoms with van der Waals surface area (Å²) >= 11 is 4.94. The molecule has 0 radical (unpaired) electrons. The molecule has 4 atom stereocenters. The van der Waals surface area contributed by atoms with Crippen LogP contribution in [0.25, 0.3) is 11.2 Å². The fourth-order valence-electron chi connectivity index (χ4n) is 2.49. The van der Waals surface area contributed by atoms with Crippen LogP contribution in [-0.4, -0.2) is 57.4 Å². The first-order chi connectivity index (χ1) is 12.3. The van der Waals surface area contributed by atoms with Gasteiger partial charge in [0.25, 0.3) is 0 Å². The molecule has 0 saturated heterocycles. The van der Waals surface area contributed by atoms with Gasteiger partial charge in [-0.15, -0.1) is 0 Å². The number of nitrogen functional groups attached to an aromatic ring is 1. The number of imidazole rings is 1. The first-order valence-electron chi connectivity index (χ1n) is 7.97. The Labute approximate surface area is 156 Å². The van der Waals surface area contributed by atoms with Crippen molar-refractivity contribution < 1.29 is 23.4 Å². The lowest BCUT2D eigenvalue weighted by Crippen LogP contribution is -2.36. The van der Waals surface area contributed by atoms with E-state index < -0.39 is 25.2 Å². The van der Waals surface area contributed by atoms with Gasteiger partial charge in [0.15, 0.2) is 11.5 Å². The Kier molecular flexibility index (Phi) is 7.42. The van der Waals surface area contributed by atoms with Crippen molar-refractivity contribution in [2.24, 2.45) is 0 Å². The second-order valence-corrected chi connectivity index (χ2v) is 8.41. The molecule has 0 spiro atoms. The number of aromatic nitrogens is 4. The van der Waals surface area contributed by atoms with E-state index >= 15 is 0 Å². The highest BCUT2D eigenvalue weighted by Crippen LogP contribution is 2.45. The number of nitrogens with zero attached hydrogens (tertiary/aromatic N) is 4. The van der Waals surface area contributed by atoms with Crippen LogP contribution < -0.4 is 5.73 Å². The fourth-order valence-corrected chi connectivity index (χ4v) is 3.44. The molecule has 10 nitrogen and oxygen atoms in total. The van der Waals surface area contributed by atoms with Gasteiger partial charge in [0.1, 0.15) is 24.2 Å². The normalized spacial score (nSPS) is 17.7. The predicted octanol–water partition coefficient (Wildman–Crippen LogP) is 1.62. The van der Waals surface area contributed by atoms with E-state index in [1.807, 2.05) is 13.8 Å². The van der Waals surface area contributed by atoms with Crippen LogP contribution in [0.4, 0.5) is 5.82 Å². The molecule has 12 heteroatoms. The molecule has 0 saturated carbocycles. The highest BCUT2D eigenvalue weighted by Gasteiger charge is 2.30. The predicted molar refractivity (Wildman–Crippen MR) is 99.9 cm³/mol. The second-order valence-electron chi connectivity index (χ2n) is 5.52. The van der Waals surface area contributed by atoms with Crippen molar-refractivity contribution in [2.75, 3.05) is 26.6 Å². The zero-order valence-electron chi connectivity index (χ0n) is 15.1. The Morgan fingerprint density at radius 2 is 2.04 bits per heavy atom. The molecule has 0 amide bonds. The van der Waals surface area contributed by atoms with Crippen molar-refractivity contribution in [2.45, 2.75) is 38.7 Å². The lowest BCUT2D eigenvalue weighted by molar-refractivity contribution is -0.108. The van der Waals surface area contributed by atoms with E-state index in [9.17, 15) is 4.89 Å². The summed E-state index contributed by atoms with van der Waals surface area (Å²) in [6, 6.07) is 0. The molecule has 2 aromatic heterocycles. The minimum atomic E-state index is -3.36. The SMILES string of the molecule is CC[C@H](OC(C)n1cnc2c(N)ncnc21)C(COC)OP(O)(=S)OC. The van der Waals surface area contributed by atoms with E-state index in [0.29, 0.717) is 23.4 Å². The average Bonchev–Trinajstić information content (AvgIpc) is 3.04. The molecule has 0 aromatic carbocycles.